The fourth-order valence-corrected chi connectivity index (χ4v) is 3.18. The van der Waals surface area contributed by atoms with E-state index in [-0.39, 0.29) is 11.6 Å². The van der Waals surface area contributed by atoms with E-state index in [1.165, 1.54) is 37.0 Å². The lowest BCUT2D eigenvalue weighted by atomic mass is 10.0. The minimum absolute atomic E-state index is 0.238. The second-order valence-electron chi connectivity index (χ2n) is 7.47. The molecule has 0 heterocycles. The first-order valence-electron chi connectivity index (χ1n) is 10.7. The summed E-state index contributed by atoms with van der Waals surface area (Å²) < 4.78 is 33.4. The first kappa shape index (κ1) is 25.0. The van der Waals surface area contributed by atoms with Crippen LogP contribution in [0.1, 0.15) is 44.6 Å². The van der Waals surface area contributed by atoms with Crippen LogP contribution in [-0.2, 0) is 9.53 Å². The molecule has 0 aliphatic heterocycles. The van der Waals surface area contributed by atoms with Gasteiger partial charge in [0.15, 0.2) is 0 Å². The molecule has 0 radical (unpaired) electrons. The average molecular weight is 445 g/mol. The molecule has 0 aliphatic rings. The number of amides is 2. The van der Waals surface area contributed by atoms with E-state index in [1.54, 1.807) is 31.3 Å². The third-order valence-corrected chi connectivity index (χ3v) is 5.09. The van der Waals surface area contributed by atoms with E-state index < -0.39 is 17.6 Å². The molecule has 2 aromatic rings. The molecule has 2 amide bonds. The smallest absolute Gasteiger partial charge is 0.330 e. The number of benzene rings is 2. The Labute approximate surface area is 188 Å². The third-order valence-electron chi connectivity index (χ3n) is 5.09. The SMILES string of the molecule is CCCCCCCNC(=O)N(C)c1cccc(-c2cc(F)c(/C=C/C(=O)OC)c(F)c2)c1. The topological polar surface area (TPSA) is 58.6 Å². The Hall–Kier alpha value is -3.22. The molecule has 2 rings (SSSR count). The zero-order valence-corrected chi connectivity index (χ0v) is 18.8. The second kappa shape index (κ2) is 12.6. The zero-order chi connectivity index (χ0) is 23.5. The molecule has 0 bridgehead atoms. The molecule has 1 N–H and O–H groups in total. The molecular weight excluding hydrogens is 414 g/mol. The van der Waals surface area contributed by atoms with Gasteiger partial charge >= 0.3 is 12.0 Å². The number of anilines is 1. The van der Waals surface area contributed by atoms with Gasteiger partial charge in [-0.05, 0) is 47.9 Å². The van der Waals surface area contributed by atoms with Crippen LogP contribution in [0.4, 0.5) is 19.3 Å². The third kappa shape index (κ3) is 7.18. The monoisotopic (exact) mass is 444 g/mol. The largest absolute Gasteiger partial charge is 0.466 e. The van der Waals surface area contributed by atoms with Gasteiger partial charge in [-0.2, -0.15) is 0 Å². The maximum absolute atomic E-state index is 14.5. The van der Waals surface area contributed by atoms with Crippen molar-refractivity contribution >= 4 is 23.8 Å². The fourth-order valence-electron chi connectivity index (χ4n) is 3.18. The van der Waals surface area contributed by atoms with Gasteiger partial charge in [0.25, 0.3) is 0 Å². The maximum atomic E-state index is 14.5. The highest BCUT2D eigenvalue weighted by Gasteiger charge is 2.14. The highest BCUT2D eigenvalue weighted by atomic mass is 19.1. The quantitative estimate of drug-likeness (QED) is 0.281. The predicted molar refractivity (Wildman–Crippen MR) is 123 cm³/mol. The summed E-state index contributed by atoms with van der Waals surface area (Å²) in [5, 5.41) is 2.89. The summed E-state index contributed by atoms with van der Waals surface area (Å²) in [5.74, 6) is -2.32. The number of carbonyl (C=O) groups is 2. The van der Waals surface area contributed by atoms with Crippen LogP contribution in [0.25, 0.3) is 17.2 Å². The second-order valence-corrected chi connectivity index (χ2v) is 7.47. The van der Waals surface area contributed by atoms with Gasteiger partial charge < -0.3 is 10.1 Å². The number of nitrogens with one attached hydrogen (secondary N) is 1. The van der Waals surface area contributed by atoms with Crippen LogP contribution in [0.3, 0.4) is 0 Å². The van der Waals surface area contributed by atoms with E-state index in [2.05, 4.69) is 17.0 Å². The van der Waals surface area contributed by atoms with Crippen molar-refractivity contribution in [3.63, 3.8) is 0 Å². The van der Waals surface area contributed by atoms with Crippen molar-refractivity contribution in [2.24, 2.45) is 0 Å². The van der Waals surface area contributed by atoms with Gasteiger partial charge in [0.05, 0.1) is 7.11 Å². The maximum Gasteiger partial charge on any atom is 0.330 e. The summed E-state index contributed by atoms with van der Waals surface area (Å²) in [4.78, 5) is 25.1. The fraction of sp³-hybridized carbons (Fsp3) is 0.360. The van der Waals surface area contributed by atoms with Crippen molar-refractivity contribution in [1.29, 1.82) is 0 Å². The molecule has 7 heteroatoms. The summed E-state index contributed by atoms with van der Waals surface area (Å²) >= 11 is 0. The summed E-state index contributed by atoms with van der Waals surface area (Å²) in [7, 11) is 2.83. The number of methoxy groups -OCH3 is 1. The summed E-state index contributed by atoms with van der Waals surface area (Å²) in [5.41, 5.74) is 1.15. The zero-order valence-electron chi connectivity index (χ0n) is 18.8. The molecule has 32 heavy (non-hydrogen) atoms. The van der Waals surface area contributed by atoms with Crippen LogP contribution in [0.15, 0.2) is 42.5 Å². The Morgan fingerprint density at radius 2 is 1.72 bits per heavy atom. The van der Waals surface area contributed by atoms with Crippen molar-refractivity contribution in [1.82, 2.24) is 5.32 Å². The lowest BCUT2D eigenvalue weighted by Crippen LogP contribution is -2.37. The summed E-state index contributed by atoms with van der Waals surface area (Å²) in [6.45, 7) is 2.76. The summed E-state index contributed by atoms with van der Waals surface area (Å²) in [6, 6.07) is 9.02. The lowest BCUT2D eigenvalue weighted by Gasteiger charge is -2.19. The van der Waals surface area contributed by atoms with Crippen molar-refractivity contribution in [3.05, 3.63) is 59.7 Å². The van der Waals surface area contributed by atoms with E-state index in [9.17, 15) is 18.4 Å². The molecule has 0 aromatic heterocycles. The highest BCUT2D eigenvalue weighted by molar-refractivity contribution is 5.92. The van der Waals surface area contributed by atoms with Crippen LogP contribution in [-0.4, -0.2) is 32.7 Å². The standard InChI is InChI=1S/C25H30F2N2O3/c1-4-5-6-7-8-14-28-25(31)29(2)20-11-9-10-18(15-20)19-16-22(26)21(23(27)17-19)12-13-24(30)32-3/h9-13,15-17H,4-8,14H2,1-3H3,(H,28,31)/b13-12+. The number of hydrogen-bond acceptors (Lipinski definition) is 3. The van der Waals surface area contributed by atoms with E-state index in [4.69, 9.17) is 0 Å². The van der Waals surface area contributed by atoms with Crippen molar-refractivity contribution < 1.29 is 23.1 Å². The molecule has 2 aromatic carbocycles. The van der Waals surface area contributed by atoms with Gasteiger partial charge in [0, 0.05) is 30.9 Å². The molecule has 0 aliphatic carbocycles. The number of unbranched alkanes of at least 4 members (excludes halogenated alkanes) is 4. The Kier molecular flexibility index (Phi) is 9.85. The van der Waals surface area contributed by atoms with Gasteiger partial charge in [0.1, 0.15) is 11.6 Å². The summed E-state index contributed by atoms with van der Waals surface area (Å²) in [6.07, 6.45) is 7.53. The predicted octanol–water partition coefficient (Wildman–Crippen LogP) is 5.93. The van der Waals surface area contributed by atoms with Gasteiger partial charge in [-0.1, -0.05) is 44.7 Å². The van der Waals surface area contributed by atoms with E-state index in [0.717, 1.165) is 31.4 Å². The number of carbonyl (C=O) groups excluding carboxylic acids is 2. The van der Waals surface area contributed by atoms with Gasteiger partial charge in [-0.3, -0.25) is 4.90 Å². The van der Waals surface area contributed by atoms with Crippen LogP contribution >= 0.6 is 0 Å². The normalized spacial score (nSPS) is 10.9. The number of ether oxygens (including phenoxy) is 1. The number of rotatable bonds is 10. The molecule has 0 saturated carbocycles. The number of esters is 1. The Bertz CT molecular complexity index is 937. The van der Waals surface area contributed by atoms with Gasteiger partial charge in [0.2, 0.25) is 0 Å². The highest BCUT2D eigenvalue weighted by Crippen LogP contribution is 2.28. The molecule has 0 fully saturated rings. The number of urea groups is 1. The Balaban J connectivity index is 2.11. The average Bonchev–Trinajstić information content (AvgIpc) is 2.79. The molecule has 172 valence electrons. The molecule has 0 saturated heterocycles. The van der Waals surface area contributed by atoms with Crippen molar-refractivity contribution in [2.75, 3.05) is 25.6 Å². The van der Waals surface area contributed by atoms with Crippen LogP contribution in [0.2, 0.25) is 0 Å². The Morgan fingerprint density at radius 3 is 2.38 bits per heavy atom. The minimum Gasteiger partial charge on any atom is -0.466 e. The Morgan fingerprint density at radius 1 is 1.03 bits per heavy atom. The molecule has 0 spiro atoms. The molecule has 5 nitrogen and oxygen atoms in total. The van der Waals surface area contributed by atoms with Crippen molar-refractivity contribution in [2.45, 2.75) is 39.0 Å². The molecule has 0 atom stereocenters. The van der Waals surface area contributed by atoms with Gasteiger partial charge in [-0.25, -0.2) is 18.4 Å². The minimum atomic E-state index is -0.806. The number of hydrogen-bond donors (Lipinski definition) is 1. The molecular formula is C25H30F2N2O3. The van der Waals surface area contributed by atoms with E-state index in [0.29, 0.717) is 23.4 Å². The first-order valence-corrected chi connectivity index (χ1v) is 10.7. The van der Waals surface area contributed by atoms with Crippen LogP contribution in [0, 0.1) is 11.6 Å². The first-order chi connectivity index (χ1) is 15.4. The van der Waals surface area contributed by atoms with Gasteiger partial charge in [-0.15, -0.1) is 0 Å². The lowest BCUT2D eigenvalue weighted by molar-refractivity contribution is -0.134. The number of halogens is 2. The van der Waals surface area contributed by atoms with E-state index >= 15 is 0 Å². The molecule has 0 unspecified atom stereocenters. The van der Waals surface area contributed by atoms with Crippen LogP contribution in [0.5, 0.6) is 0 Å². The van der Waals surface area contributed by atoms with E-state index in [1.807, 2.05) is 0 Å². The van der Waals surface area contributed by atoms with Crippen molar-refractivity contribution in [3.8, 4) is 11.1 Å². The van der Waals surface area contributed by atoms with Crippen LogP contribution < -0.4 is 10.2 Å². The number of nitrogens with zero attached hydrogens (tertiary/aromatic N) is 1.